The number of hydrogen-bond donors (Lipinski definition) is 0. The van der Waals surface area contributed by atoms with Gasteiger partial charge in [0.05, 0.1) is 28.3 Å². The van der Waals surface area contributed by atoms with Gasteiger partial charge in [0.1, 0.15) is 5.82 Å². The second-order valence-corrected chi connectivity index (χ2v) is 11.3. The van der Waals surface area contributed by atoms with E-state index in [4.69, 9.17) is 31.3 Å². The highest BCUT2D eigenvalue weighted by Gasteiger charge is 2.29. The number of anilines is 3. The van der Waals surface area contributed by atoms with E-state index in [1.807, 2.05) is 43.3 Å². The number of esters is 1. The average molecular weight is 551 g/mol. The first-order valence-corrected chi connectivity index (χ1v) is 14.5. The fourth-order valence-corrected chi connectivity index (χ4v) is 6.68. The number of carbonyl (C=O) groups excluding carboxylic acids is 1. The number of para-hydroxylation sites is 1. The quantitative estimate of drug-likeness (QED) is 0.306. The van der Waals surface area contributed by atoms with E-state index in [2.05, 4.69) is 20.8 Å². The third kappa shape index (κ3) is 5.09. The van der Waals surface area contributed by atoms with Crippen LogP contribution in [0.25, 0.3) is 21.1 Å². The Balaban J connectivity index is 1.25. The molecule has 2 aromatic carbocycles. The lowest BCUT2D eigenvalue weighted by molar-refractivity contribution is -0.148. The molecule has 4 aromatic rings. The van der Waals surface area contributed by atoms with Crippen LogP contribution in [0.4, 0.5) is 16.9 Å². The summed E-state index contributed by atoms with van der Waals surface area (Å²) in [4.78, 5) is 34.3. The molecule has 0 amide bonds. The number of thiazole rings is 1. The zero-order valence-electron chi connectivity index (χ0n) is 21.5. The van der Waals surface area contributed by atoms with Crippen molar-refractivity contribution in [2.45, 2.75) is 26.2 Å². The first kappa shape index (κ1) is 25.1. The highest BCUT2D eigenvalue weighted by molar-refractivity contribution is 7.22. The van der Waals surface area contributed by atoms with Crippen LogP contribution >= 0.6 is 22.9 Å². The van der Waals surface area contributed by atoms with Crippen LogP contribution in [0.5, 0.6) is 0 Å². The second-order valence-electron chi connectivity index (χ2n) is 9.84. The van der Waals surface area contributed by atoms with Crippen molar-refractivity contribution < 1.29 is 9.53 Å². The van der Waals surface area contributed by atoms with Gasteiger partial charge in [0, 0.05) is 49.7 Å². The van der Waals surface area contributed by atoms with E-state index < -0.39 is 0 Å². The lowest BCUT2D eigenvalue weighted by Gasteiger charge is -2.33. The summed E-state index contributed by atoms with van der Waals surface area (Å²) in [7, 11) is 0. The predicted molar refractivity (Wildman–Crippen MR) is 155 cm³/mol. The lowest BCUT2D eigenvalue weighted by Crippen LogP contribution is -2.40. The van der Waals surface area contributed by atoms with Gasteiger partial charge in [-0.2, -0.15) is 4.98 Å². The van der Waals surface area contributed by atoms with Crippen molar-refractivity contribution in [1.29, 1.82) is 0 Å². The minimum atomic E-state index is -0.128. The molecule has 0 spiro atoms. The molecule has 1 atom stereocenters. The molecule has 2 fully saturated rings. The fourth-order valence-electron chi connectivity index (χ4n) is 5.38. The number of benzene rings is 2. The molecule has 8 nitrogen and oxygen atoms in total. The maximum absolute atomic E-state index is 12.5. The molecule has 4 heterocycles. The Labute approximate surface area is 231 Å². The van der Waals surface area contributed by atoms with E-state index in [-0.39, 0.29) is 11.9 Å². The van der Waals surface area contributed by atoms with Gasteiger partial charge in [-0.25, -0.2) is 9.97 Å². The minimum absolute atomic E-state index is 0.111. The Morgan fingerprint density at radius 1 is 0.974 bits per heavy atom. The van der Waals surface area contributed by atoms with Gasteiger partial charge in [0.15, 0.2) is 5.13 Å². The van der Waals surface area contributed by atoms with Gasteiger partial charge in [0.25, 0.3) is 0 Å². The SMILES string of the molecule is CCOC(=O)C1CCCN(c2nc(N3CCCN(c4nc5ccc(Cl)cc5s4)CC3)nc3ccccc23)C1. The molecule has 0 bridgehead atoms. The van der Waals surface area contributed by atoms with E-state index in [9.17, 15) is 4.79 Å². The summed E-state index contributed by atoms with van der Waals surface area (Å²) in [6.45, 7) is 7.20. The van der Waals surface area contributed by atoms with E-state index in [0.717, 1.165) is 95.0 Å². The van der Waals surface area contributed by atoms with Gasteiger partial charge >= 0.3 is 5.97 Å². The van der Waals surface area contributed by atoms with Gasteiger partial charge in [-0.05, 0) is 56.5 Å². The number of fused-ring (bicyclic) bond motifs is 2. The Kier molecular flexibility index (Phi) is 7.21. The number of ether oxygens (including phenoxy) is 1. The van der Waals surface area contributed by atoms with Crippen LogP contribution in [0.2, 0.25) is 5.02 Å². The van der Waals surface area contributed by atoms with E-state index in [1.165, 1.54) is 0 Å². The molecule has 6 rings (SSSR count). The fraction of sp³-hybridized carbons (Fsp3) is 0.429. The number of halogens is 1. The largest absolute Gasteiger partial charge is 0.466 e. The first-order chi connectivity index (χ1) is 18.6. The van der Waals surface area contributed by atoms with Gasteiger partial charge in [-0.1, -0.05) is 35.1 Å². The Bertz CT molecular complexity index is 1460. The zero-order valence-corrected chi connectivity index (χ0v) is 23.0. The smallest absolute Gasteiger partial charge is 0.310 e. The topological polar surface area (TPSA) is 74.7 Å². The summed E-state index contributed by atoms with van der Waals surface area (Å²) in [5.74, 6) is 1.41. The summed E-state index contributed by atoms with van der Waals surface area (Å²) in [5, 5.41) is 2.79. The molecule has 2 aliphatic heterocycles. The Hall–Kier alpha value is -3.17. The summed E-state index contributed by atoms with van der Waals surface area (Å²) >= 11 is 7.88. The number of nitrogens with zero attached hydrogens (tertiary/aromatic N) is 6. The average Bonchev–Trinajstić information content (AvgIpc) is 3.20. The second kappa shape index (κ2) is 10.9. The van der Waals surface area contributed by atoms with E-state index in [1.54, 1.807) is 11.3 Å². The van der Waals surface area contributed by atoms with Gasteiger partial charge < -0.3 is 19.4 Å². The zero-order chi connectivity index (χ0) is 26.1. The third-order valence-corrected chi connectivity index (χ3v) is 8.61. The molecule has 0 radical (unpaired) electrons. The van der Waals surface area contributed by atoms with Crippen molar-refractivity contribution in [3.63, 3.8) is 0 Å². The van der Waals surface area contributed by atoms with Crippen LogP contribution in [0.15, 0.2) is 42.5 Å². The molecule has 2 aromatic heterocycles. The molecule has 38 heavy (non-hydrogen) atoms. The van der Waals surface area contributed by atoms with Crippen LogP contribution in [-0.4, -0.2) is 66.8 Å². The number of carbonyl (C=O) groups is 1. The molecule has 198 valence electrons. The summed E-state index contributed by atoms with van der Waals surface area (Å²) < 4.78 is 6.45. The van der Waals surface area contributed by atoms with Crippen LogP contribution in [0.3, 0.4) is 0 Å². The first-order valence-electron chi connectivity index (χ1n) is 13.3. The van der Waals surface area contributed by atoms with Crippen molar-refractivity contribution >= 4 is 66.9 Å². The number of piperidine rings is 1. The standard InChI is InChI=1S/C28H31ClN6O2S/c1-2-37-26(36)19-7-5-12-35(18-19)25-21-8-3-4-9-22(21)30-27(32-25)33-13-6-14-34(16-15-33)28-31-23-11-10-20(29)17-24(23)38-28/h3-4,8-11,17,19H,2,5-7,12-16,18H2,1H3. The molecule has 0 N–H and O–H groups in total. The Morgan fingerprint density at radius 3 is 2.68 bits per heavy atom. The lowest BCUT2D eigenvalue weighted by atomic mass is 9.98. The summed E-state index contributed by atoms with van der Waals surface area (Å²) in [6.07, 6.45) is 2.77. The van der Waals surface area contributed by atoms with Crippen molar-refractivity contribution in [3.8, 4) is 0 Å². The normalized spacial score (nSPS) is 18.7. The number of aromatic nitrogens is 3. The highest BCUT2D eigenvalue weighted by atomic mass is 35.5. The predicted octanol–water partition coefficient (Wildman–Crippen LogP) is 5.39. The van der Waals surface area contributed by atoms with Crippen molar-refractivity contribution in [2.75, 3.05) is 60.6 Å². The van der Waals surface area contributed by atoms with E-state index in [0.29, 0.717) is 13.2 Å². The molecule has 0 saturated carbocycles. The van der Waals surface area contributed by atoms with Crippen LogP contribution in [-0.2, 0) is 9.53 Å². The van der Waals surface area contributed by atoms with Gasteiger partial charge in [0.2, 0.25) is 5.95 Å². The number of hydrogen-bond acceptors (Lipinski definition) is 9. The summed E-state index contributed by atoms with van der Waals surface area (Å²) in [6, 6.07) is 14.0. The van der Waals surface area contributed by atoms with Crippen molar-refractivity contribution in [2.24, 2.45) is 5.92 Å². The third-order valence-electron chi connectivity index (χ3n) is 7.30. The van der Waals surface area contributed by atoms with Crippen LogP contribution in [0.1, 0.15) is 26.2 Å². The van der Waals surface area contributed by atoms with Crippen molar-refractivity contribution in [3.05, 3.63) is 47.5 Å². The summed E-state index contributed by atoms with van der Waals surface area (Å²) in [5.41, 5.74) is 1.91. The monoisotopic (exact) mass is 550 g/mol. The van der Waals surface area contributed by atoms with E-state index >= 15 is 0 Å². The Morgan fingerprint density at radius 2 is 1.79 bits per heavy atom. The van der Waals surface area contributed by atoms with Crippen LogP contribution < -0.4 is 14.7 Å². The molecule has 2 saturated heterocycles. The molecular formula is C28H31ClN6O2S. The minimum Gasteiger partial charge on any atom is -0.466 e. The van der Waals surface area contributed by atoms with Gasteiger partial charge in [-0.15, -0.1) is 0 Å². The molecular weight excluding hydrogens is 520 g/mol. The van der Waals surface area contributed by atoms with Gasteiger partial charge in [-0.3, -0.25) is 4.79 Å². The molecule has 1 unspecified atom stereocenters. The molecule has 10 heteroatoms. The maximum Gasteiger partial charge on any atom is 0.310 e. The molecule has 2 aliphatic rings. The number of rotatable bonds is 5. The molecule has 0 aliphatic carbocycles. The highest BCUT2D eigenvalue weighted by Crippen LogP contribution is 2.33. The van der Waals surface area contributed by atoms with Crippen molar-refractivity contribution in [1.82, 2.24) is 15.0 Å². The maximum atomic E-state index is 12.5. The van der Waals surface area contributed by atoms with Crippen LogP contribution in [0, 0.1) is 5.92 Å².